The minimum Gasteiger partial charge on any atom is -0.313 e. The maximum atomic E-state index is 3.38. The molecule has 2 saturated heterocycles. The summed E-state index contributed by atoms with van der Waals surface area (Å²) in [6.07, 6.45) is 4.23. The van der Waals surface area contributed by atoms with Crippen LogP contribution in [0.15, 0.2) is 24.3 Å². The molecule has 0 amide bonds. The van der Waals surface area contributed by atoms with Crippen LogP contribution in [-0.4, -0.2) is 48.6 Å². The molecule has 2 aliphatic rings. The number of hydrogen-bond acceptors (Lipinski definition) is 3. The number of rotatable bonds is 5. The van der Waals surface area contributed by atoms with Crippen LogP contribution in [0.1, 0.15) is 37.3 Å². The first kappa shape index (κ1) is 15.0. The van der Waals surface area contributed by atoms with Crippen molar-refractivity contribution in [1.29, 1.82) is 0 Å². The number of hydrogen-bond donors (Lipinski definition) is 1. The summed E-state index contributed by atoms with van der Waals surface area (Å²) in [6, 6.07) is 9.98. The van der Waals surface area contributed by atoms with Crippen molar-refractivity contribution in [3.8, 4) is 0 Å². The van der Waals surface area contributed by atoms with Gasteiger partial charge in [-0.05, 0) is 37.1 Å². The summed E-state index contributed by atoms with van der Waals surface area (Å²) >= 11 is 0. The van der Waals surface area contributed by atoms with E-state index in [0.29, 0.717) is 0 Å². The van der Waals surface area contributed by atoms with Crippen LogP contribution in [0.2, 0.25) is 0 Å². The van der Waals surface area contributed by atoms with Crippen molar-refractivity contribution in [1.82, 2.24) is 15.1 Å². The molecule has 3 heteroatoms. The molecule has 3 rings (SSSR count). The van der Waals surface area contributed by atoms with Crippen LogP contribution < -0.4 is 5.32 Å². The lowest BCUT2D eigenvalue weighted by Gasteiger charge is -2.44. The molecule has 3 nitrogen and oxygen atoms in total. The van der Waals surface area contributed by atoms with Gasteiger partial charge in [-0.25, -0.2) is 0 Å². The van der Waals surface area contributed by atoms with Gasteiger partial charge in [0.05, 0.1) is 0 Å². The third kappa shape index (κ3) is 4.06. The Morgan fingerprint density at radius 3 is 2.67 bits per heavy atom. The van der Waals surface area contributed by atoms with Crippen LogP contribution in [0, 0.1) is 0 Å². The third-order valence-corrected chi connectivity index (χ3v) is 4.93. The fourth-order valence-corrected chi connectivity index (χ4v) is 3.65. The molecule has 0 saturated carbocycles. The van der Waals surface area contributed by atoms with Gasteiger partial charge in [-0.15, -0.1) is 0 Å². The molecule has 21 heavy (non-hydrogen) atoms. The standard InChI is InChI=1S/C18H29N3/c1-2-19-13-16-6-8-17(9-7-16)14-20-11-12-21-10-4-3-5-18(21)15-20/h6-9,18-19H,2-5,10-15H2,1H3. The summed E-state index contributed by atoms with van der Waals surface area (Å²) in [5, 5.41) is 3.38. The highest BCUT2D eigenvalue weighted by Crippen LogP contribution is 2.22. The smallest absolute Gasteiger partial charge is 0.0234 e. The Hall–Kier alpha value is -0.900. The van der Waals surface area contributed by atoms with Gasteiger partial charge in [0.25, 0.3) is 0 Å². The fourth-order valence-electron chi connectivity index (χ4n) is 3.65. The first-order valence-corrected chi connectivity index (χ1v) is 8.60. The van der Waals surface area contributed by atoms with Gasteiger partial charge in [-0.2, -0.15) is 0 Å². The Morgan fingerprint density at radius 2 is 1.86 bits per heavy atom. The van der Waals surface area contributed by atoms with E-state index in [0.717, 1.165) is 25.7 Å². The molecule has 0 radical (unpaired) electrons. The van der Waals surface area contributed by atoms with Gasteiger partial charge in [0.1, 0.15) is 0 Å². The second-order valence-corrected chi connectivity index (χ2v) is 6.52. The van der Waals surface area contributed by atoms with Crippen molar-refractivity contribution >= 4 is 0 Å². The van der Waals surface area contributed by atoms with E-state index < -0.39 is 0 Å². The largest absolute Gasteiger partial charge is 0.313 e. The number of nitrogens with zero attached hydrogens (tertiary/aromatic N) is 2. The zero-order chi connectivity index (χ0) is 14.5. The Balaban J connectivity index is 1.52. The Morgan fingerprint density at radius 1 is 1.05 bits per heavy atom. The highest BCUT2D eigenvalue weighted by atomic mass is 15.3. The fraction of sp³-hybridized carbons (Fsp3) is 0.667. The molecular formula is C18H29N3. The summed E-state index contributed by atoms with van der Waals surface area (Å²) < 4.78 is 0. The quantitative estimate of drug-likeness (QED) is 0.897. The van der Waals surface area contributed by atoms with Gasteiger partial charge in [-0.3, -0.25) is 9.80 Å². The average molecular weight is 287 g/mol. The molecule has 2 heterocycles. The molecule has 116 valence electrons. The third-order valence-electron chi connectivity index (χ3n) is 4.93. The van der Waals surface area contributed by atoms with E-state index in [1.165, 1.54) is 56.6 Å². The SMILES string of the molecule is CCNCc1ccc(CN2CCN3CCCCC3C2)cc1. The normalized spacial score (nSPS) is 24.0. The molecule has 2 aliphatic heterocycles. The van der Waals surface area contributed by atoms with Crippen LogP contribution in [-0.2, 0) is 13.1 Å². The Kier molecular flexibility index (Phi) is 5.28. The van der Waals surface area contributed by atoms with Crippen molar-refractivity contribution in [3.05, 3.63) is 35.4 Å². The number of piperazine rings is 1. The second-order valence-electron chi connectivity index (χ2n) is 6.52. The van der Waals surface area contributed by atoms with Crippen LogP contribution >= 0.6 is 0 Å². The average Bonchev–Trinajstić information content (AvgIpc) is 2.54. The summed E-state index contributed by atoms with van der Waals surface area (Å²) in [4.78, 5) is 5.35. The van der Waals surface area contributed by atoms with Crippen LogP contribution in [0.25, 0.3) is 0 Å². The minimum atomic E-state index is 0.820. The summed E-state index contributed by atoms with van der Waals surface area (Å²) in [6.45, 7) is 10.4. The Bertz CT molecular complexity index is 429. The molecule has 0 spiro atoms. The first-order valence-electron chi connectivity index (χ1n) is 8.60. The second kappa shape index (κ2) is 7.39. The molecule has 1 aromatic carbocycles. The lowest BCUT2D eigenvalue weighted by atomic mass is 9.99. The van der Waals surface area contributed by atoms with Crippen molar-refractivity contribution in [3.63, 3.8) is 0 Å². The molecule has 0 aliphatic carbocycles. The number of nitrogens with one attached hydrogen (secondary N) is 1. The zero-order valence-electron chi connectivity index (χ0n) is 13.4. The van der Waals surface area contributed by atoms with Crippen LogP contribution in [0.4, 0.5) is 0 Å². The van der Waals surface area contributed by atoms with Gasteiger partial charge < -0.3 is 5.32 Å². The van der Waals surface area contributed by atoms with Gasteiger partial charge >= 0.3 is 0 Å². The lowest BCUT2D eigenvalue weighted by molar-refractivity contribution is 0.0457. The van der Waals surface area contributed by atoms with E-state index in [1.54, 1.807) is 0 Å². The van der Waals surface area contributed by atoms with Crippen molar-refractivity contribution in [2.45, 2.75) is 45.3 Å². The van der Waals surface area contributed by atoms with Gasteiger partial charge in [-0.1, -0.05) is 37.6 Å². The maximum Gasteiger partial charge on any atom is 0.0234 e. The van der Waals surface area contributed by atoms with E-state index >= 15 is 0 Å². The van der Waals surface area contributed by atoms with E-state index in [-0.39, 0.29) is 0 Å². The predicted molar refractivity (Wildman–Crippen MR) is 88.3 cm³/mol. The maximum absolute atomic E-state index is 3.38. The van der Waals surface area contributed by atoms with E-state index in [1.807, 2.05) is 0 Å². The van der Waals surface area contributed by atoms with Gasteiger partial charge in [0.2, 0.25) is 0 Å². The Labute approximate surface area is 129 Å². The highest BCUT2D eigenvalue weighted by Gasteiger charge is 2.28. The van der Waals surface area contributed by atoms with Gasteiger partial charge in [0.15, 0.2) is 0 Å². The molecule has 1 aromatic rings. The van der Waals surface area contributed by atoms with E-state index in [2.05, 4.69) is 46.3 Å². The van der Waals surface area contributed by atoms with Crippen molar-refractivity contribution < 1.29 is 0 Å². The molecule has 0 bridgehead atoms. The number of piperidine rings is 1. The predicted octanol–water partition coefficient (Wildman–Crippen LogP) is 2.47. The van der Waals surface area contributed by atoms with Crippen LogP contribution in [0.5, 0.6) is 0 Å². The van der Waals surface area contributed by atoms with Gasteiger partial charge in [0, 0.05) is 38.8 Å². The molecule has 1 N–H and O–H groups in total. The molecule has 0 aromatic heterocycles. The van der Waals surface area contributed by atoms with Crippen LogP contribution in [0.3, 0.4) is 0 Å². The molecule has 2 fully saturated rings. The summed E-state index contributed by atoms with van der Waals surface area (Å²) in [5.74, 6) is 0. The summed E-state index contributed by atoms with van der Waals surface area (Å²) in [7, 11) is 0. The van der Waals surface area contributed by atoms with Crippen molar-refractivity contribution in [2.75, 3.05) is 32.7 Å². The first-order chi connectivity index (χ1) is 10.3. The van der Waals surface area contributed by atoms with E-state index in [4.69, 9.17) is 0 Å². The van der Waals surface area contributed by atoms with E-state index in [9.17, 15) is 0 Å². The topological polar surface area (TPSA) is 18.5 Å². The monoisotopic (exact) mass is 287 g/mol. The number of fused-ring (bicyclic) bond motifs is 1. The molecular weight excluding hydrogens is 258 g/mol. The highest BCUT2D eigenvalue weighted by molar-refractivity contribution is 5.22. The summed E-state index contributed by atoms with van der Waals surface area (Å²) in [5.41, 5.74) is 2.84. The van der Waals surface area contributed by atoms with Crippen molar-refractivity contribution in [2.24, 2.45) is 0 Å². The lowest BCUT2D eigenvalue weighted by Crippen LogP contribution is -2.54. The molecule has 1 atom stereocenters. The number of benzene rings is 1. The molecule has 1 unspecified atom stereocenters. The zero-order valence-corrected chi connectivity index (χ0v) is 13.4. The minimum absolute atomic E-state index is 0.820.